The number of hydrogen-bond donors (Lipinski definition) is 1. The van der Waals surface area contributed by atoms with Crippen molar-refractivity contribution < 1.29 is 18.7 Å². The van der Waals surface area contributed by atoms with Crippen LogP contribution in [0.5, 0.6) is 17.2 Å². The molecule has 0 saturated carbocycles. The monoisotopic (exact) mass is 300 g/mol. The number of benzene rings is 2. The third-order valence-electron chi connectivity index (χ3n) is 3.38. The first-order chi connectivity index (χ1) is 10.6. The van der Waals surface area contributed by atoms with Gasteiger partial charge in [0.15, 0.2) is 11.6 Å². The summed E-state index contributed by atoms with van der Waals surface area (Å²) in [6, 6.07) is 8.75. The summed E-state index contributed by atoms with van der Waals surface area (Å²) in [5.74, 6) is -0.656. The second-order valence-corrected chi connectivity index (χ2v) is 4.79. The van der Waals surface area contributed by atoms with Crippen molar-refractivity contribution in [3.8, 4) is 17.2 Å². The van der Waals surface area contributed by atoms with E-state index in [1.54, 1.807) is 12.1 Å². The predicted molar refractivity (Wildman–Crippen MR) is 80.0 cm³/mol. The average Bonchev–Trinajstić information content (AvgIpc) is 2.52. The second kappa shape index (κ2) is 5.52. The zero-order valence-corrected chi connectivity index (χ0v) is 11.8. The number of para-hydroxylation sites is 1. The van der Waals surface area contributed by atoms with Crippen LogP contribution in [0.15, 0.2) is 51.9 Å². The standard InChI is InChI=1S/C17H13FO4/c1-2-10-7-11-15(8-13(10)19)21-9-16(17(11)20)22-14-6-4-3-5-12(14)18/h3-9,19H,2H2,1H3. The van der Waals surface area contributed by atoms with Crippen LogP contribution in [-0.4, -0.2) is 5.11 Å². The van der Waals surface area contributed by atoms with Crippen LogP contribution >= 0.6 is 0 Å². The SMILES string of the molecule is CCc1cc2c(=O)c(Oc3ccccc3F)coc2cc1O. The van der Waals surface area contributed by atoms with Crippen molar-refractivity contribution >= 4 is 11.0 Å². The molecule has 0 bridgehead atoms. The molecule has 0 amide bonds. The lowest BCUT2D eigenvalue weighted by atomic mass is 10.1. The largest absolute Gasteiger partial charge is 0.508 e. The van der Waals surface area contributed by atoms with E-state index >= 15 is 0 Å². The zero-order chi connectivity index (χ0) is 15.7. The van der Waals surface area contributed by atoms with Crippen LogP contribution in [0, 0.1) is 5.82 Å². The van der Waals surface area contributed by atoms with Crippen LogP contribution < -0.4 is 10.2 Å². The summed E-state index contributed by atoms with van der Waals surface area (Å²) in [5.41, 5.74) is 0.461. The van der Waals surface area contributed by atoms with E-state index in [-0.39, 0.29) is 28.2 Å². The normalized spacial score (nSPS) is 10.8. The van der Waals surface area contributed by atoms with Gasteiger partial charge in [-0.25, -0.2) is 4.39 Å². The van der Waals surface area contributed by atoms with Gasteiger partial charge >= 0.3 is 0 Å². The lowest BCUT2D eigenvalue weighted by molar-refractivity contribution is 0.421. The van der Waals surface area contributed by atoms with Gasteiger partial charge in [0.1, 0.15) is 17.6 Å². The molecule has 0 radical (unpaired) electrons. The molecule has 0 aliphatic rings. The van der Waals surface area contributed by atoms with Crippen LogP contribution in [-0.2, 0) is 6.42 Å². The minimum absolute atomic E-state index is 0.0522. The molecule has 0 fully saturated rings. The number of aryl methyl sites for hydroxylation is 1. The maximum atomic E-state index is 13.6. The Hall–Kier alpha value is -2.82. The highest BCUT2D eigenvalue weighted by molar-refractivity contribution is 5.80. The number of hydrogen-bond acceptors (Lipinski definition) is 4. The van der Waals surface area contributed by atoms with Gasteiger partial charge in [0.2, 0.25) is 11.2 Å². The van der Waals surface area contributed by atoms with Crippen molar-refractivity contribution in [2.75, 3.05) is 0 Å². The van der Waals surface area contributed by atoms with Crippen molar-refractivity contribution in [3.63, 3.8) is 0 Å². The number of halogens is 1. The molecule has 0 unspecified atom stereocenters. The van der Waals surface area contributed by atoms with Crippen molar-refractivity contribution in [1.82, 2.24) is 0 Å². The number of rotatable bonds is 3. The summed E-state index contributed by atoms with van der Waals surface area (Å²) >= 11 is 0. The van der Waals surface area contributed by atoms with E-state index in [1.807, 2.05) is 6.92 Å². The number of phenolic OH excluding ortho intramolecular Hbond substituents is 1. The Bertz CT molecular complexity index is 899. The van der Waals surface area contributed by atoms with Crippen molar-refractivity contribution in [3.05, 3.63) is 64.3 Å². The van der Waals surface area contributed by atoms with Gasteiger partial charge in [-0.2, -0.15) is 0 Å². The molecule has 0 atom stereocenters. The van der Waals surface area contributed by atoms with Crippen LogP contribution in [0.25, 0.3) is 11.0 Å². The molecule has 22 heavy (non-hydrogen) atoms. The molecule has 0 aliphatic carbocycles. The summed E-state index contributed by atoms with van der Waals surface area (Å²) in [4.78, 5) is 12.4. The first kappa shape index (κ1) is 14.1. The van der Waals surface area contributed by atoms with Crippen molar-refractivity contribution in [2.24, 2.45) is 0 Å². The molecule has 112 valence electrons. The topological polar surface area (TPSA) is 59.7 Å². The highest BCUT2D eigenvalue weighted by Crippen LogP contribution is 2.27. The molecule has 3 rings (SSSR count). The molecule has 5 heteroatoms. The molecule has 0 saturated heterocycles. The average molecular weight is 300 g/mol. The van der Waals surface area contributed by atoms with E-state index in [0.717, 1.165) is 6.26 Å². The van der Waals surface area contributed by atoms with Gasteiger partial charge < -0.3 is 14.3 Å². The van der Waals surface area contributed by atoms with Gasteiger partial charge in [0.05, 0.1) is 5.39 Å². The van der Waals surface area contributed by atoms with E-state index in [1.165, 1.54) is 24.3 Å². The minimum atomic E-state index is -0.568. The van der Waals surface area contributed by atoms with E-state index in [2.05, 4.69) is 0 Å². The molecule has 0 spiro atoms. The van der Waals surface area contributed by atoms with Crippen LogP contribution in [0.3, 0.4) is 0 Å². The maximum Gasteiger partial charge on any atom is 0.235 e. The van der Waals surface area contributed by atoms with Gasteiger partial charge in [-0.05, 0) is 30.2 Å². The third-order valence-corrected chi connectivity index (χ3v) is 3.38. The van der Waals surface area contributed by atoms with E-state index in [0.29, 0.717) is 12.0 Å². The van der Waals surface area contributed by atoms with Crippen molar-refractivity contribution in [1.29, 1.82) is 0 Å². The summed E-state index contributed by atoms with van der Waals surface area (Å²) < 4.78 is 24.2. The fraction of sp³-hybridized carbons (Fsp3) is 0.118. The van der Waals surface area contributed by atoms with Gasteiger partial charge in [0, 0.05) is 6.07 Å². The second-order valence-electron chi connectivity index (χ2n) is 4.79. The Balaban J connectivity index is 2.12. The molecule has 0 aliphatic heterocycles. The summed E-state index contributed by atoms with van der Waals surface area (Å²) in [6.45, 7) is 1.86. The van der Waals surface area contributed by atoms with E-state index < -0.39 is 11.2 Å². The first-order valence-corrected chi connectivity index (χ1v) is 6.80. The fourth-order valence-corrected chi connectivity index (χ4v) is 2.19. The number of phenols is 1. The van der Waals surface area contributed by atoms with Crippen LogP contribution in [0.4, 0.5) is 4.39 Å². The molecular weight excluding hydrogens is 287 g/mol. The van der Waals surface area contributed by atoms with Gasteiger partial charge in [-0.15, -0.1) is 0 Å². The van der Waals surface area contributed by atoms with E-state index in [4.69, 9.17) is 9.15 Å². The number of ether oxygens (including phenoxy) is 1. The van der Waals surface area contributed by atoms with Crippen LogP contribution in [0.1, 0.15) is 12.5 Å². The zero-order valence-electron chi connectivity index (χ0n) is 11.8. The predicted octanol–water partition coefficient (Wildman–Crippen LogP) is 3.99. The number of aromatic hydroxyl groups is 1. The Morgan fingerprint density at radius 3 is 2.73 bits per heavy atom. The highest BCUT2D eigenvalue weighted by atomic mass is 19.1. The van der Waals surface area contributed by atoms with Gasteiger partial charge in [0.25, 0.3) is 0 Å². The smallest absolute Gasteiger partial charge is 0.235 e. The first-order valence-electron chi connectivity index (χ1n) is 6.80. The summed E-state index contributed by atoms with van der Waals surface area (Å²) in [6.07, 6.45) is 1.68. The van der Waals surface area contributed by atoms with Crippen molar-refractivity contribution in [2.45, 2.75) is 13.3 Å². The van der Waals surface area contributed by atoms with Gasteiger partial charge in [-0.1, -0.05) is 19.1 Å². The minimum Gasteiger partial charge on any atom is -0.508 e. The molecule has 1 aromatic heterocycles. The Morgan fingerprint density at radius 2 is 2.00 bits per heavy atom. The van der Waals surface area contributed by atoms with E-state index in [9.17, 15) is 14.3 Å². The third kappa shape index (κ3) is 2.41. The molecule has 3 aromatic rings. The molecule has 1 N–H and O–H groups in total. The molecule has 1 heterocycles. The summed E-state index contributed by atoms with van der Waals surface area (Å²) in [5, 5.41) is 10.1. The lowest BCUT2D eigenvalue weighted by Gasteiger charge is -2.08. The lowest BCUT2D eigenvalue weighted by Crippen LogP contribution is -2.06. The Kier molecular flexibility index (Phi) is 3.55. The quantitative estimate of drug-likeness (QED) is 0.794. The maximum absolute atomic E-state index is 13.6. The Morgan fingerprint density at radius 1 is 1.23 bits per heavy atom. The molecule has 4 nitrogen and oxygen atoms in total. The fourth-order valence-electron chi connectivity index (χ4n) is 2.19. The number of fused-ring (bicyclic) bond motifs is 1. The Labute approximate surface area is 125 Å². The van der Waals surface area contributed by atoms with Crippen LogP contribution in [0.2, 0.25) is 0 Å². The highest BCUT2D eigenvalue weighted by Gasteiger charge is 2.13. The molecular formula is C17H13FO4. The summed E-state index contributed by atoms with van der Waals surface area (Å²) in [7, 11) is 0. The van der Waals surface area contributed by atoms with Gasteiger partial charge in [-0.3, -0.25) is 4.79 Å². The molecule has 2 aromatic carbocycles.